The van der Waals surface area contributed by atoms with Crippen LogP contribution in [-0.2, 0) is 11.2 Å². The zero-order valence-corrected chi connectivity index (χ0v) is 16.3. The normalized spacial score (nSPS) is 10.4. The van der Waals surface area contributed by atoms with E-state index in [9.17, 15) is 9.59 Å². The number of amides is 2. The minimum absolute atomic E-state index is 0.0995. The van der Waals surface area contributed by atoms with E-state index < -0.39 is 0 Å². The second kappa shape index (κ2) is 10.1. The van der Waals surface area contributed by atoms with Crippen molar-refractivity contribution in [2.24, 2.45) is 0 Å². The van der Waals surface area contributed by atoms with E-state index in [1.54, 1.807) is 28.9 Å². The topological polar surface area (TPSA) is 85.2 Å². The van der Waals surface area contributed by atoms with Crippen LogP contribution in [0.2, 0.25) is 0 Å². The molecule has 1 heterocycles. The lowest BCUT2D eigenvalue weighted by Crippen LogP contribution is -2.37. The summed E-state index contributed by atoms with van der Waals surface area (Å²) in [5, 5.41) is 9.91. The number of ether oxygens (including phenoxy) is 1. The number of hydrogen-bond acceptors (Lipinski definition) is 4. The van der Waals surface area contributed by atoms with Gasteiger partial charge in [0, 0.05) is 19.2 Å². The number of carbonyl (C=O) groups is 2. The monoisotopic (exact) mass is 392 g/mol. The first-order chi connectivity index (χ1) is 14.2. The van der Waals surface area contributed by atoms with Gasteiger partial charge in [0.15, 0.2) is 0 Å². The molecule has 1 aromatic heterocycles. The van der Waals surface area contributed by atoms with Gasteiger partial charge >= 0.3 is 0 Å². The Balaban J connectivity index is 1.43. The average molecular weight is 392 g/mol. The van der Waals surface area contributed by atoms with E-state index in [4.69, 9.17) is 4.74 Å². The van der Waals surface area contributed by atoms with Crippen LogP contribution in [0.4, 0.5) is 0 Å². The van der Waals surface area contributed by atoms with Gasteiger partial charge in [0.2, 0.25) is 5.91 Å². The van der Waals surface area contributed by atoms with Gasteiger partial charge in [-0.05, 0) is 37.3 Å². The Hall–Kier alpha value is -3.61. The summed E-state index contributed by atoms with van der Waals surface area (Å²) in [5.74, 6) is -0.0950. The minimum Gasteiger partial charge on any atom is -0.493 e. The lowest BCUT2D eigenvalue weighted by atomic mass is 10.2. The number of nitrogens with one attached hydrogen (secondary N) is 2. The first-order valence-corrected chi connectivity index (χ1v) is 9.54. The van der Waals surface area contributed by atoms with Crippen LogP contribution in [0.1, 0.15) is 23.0 Å². The van der Waals surface area contributed by atoms with Gasteiger partial charge in [-0.25, -0.2) is 4.68 Å². The summed E-state index contributed by atoms with van der Waals surface area (Å²) in [6.07, 6.45) is 2.50. The molecule has 0 radical (unpaired) electrons. The Labute approximate surface area is 169 Å². The summed E-state index contributed by atoms with van der Waals surface area (Å²) in [7, 11) is 0. The predicted molar refractivity (Wildman–Crippen MR) is 110 cm³/mol. The number of hydrogen-bond donors (Lipinski definition) is 2. The highest BCUT2D eigenvalue weighted by molar-refractivity contribution is 5.98. The second-order valence-corrected chi connectivity index (χ2v) is 6.30. The third-order valence-corrected chi connectivity index (χ3v) is 4.21. The number of carbonyl (C=O) groups excluding carboxylic acids is 2. The number of rotatable bonds is 9. The molecule has 0 aliphatic rings. The second-order valence-electron chi connectivity index (χ2n) is 6.30. The van der Waals surface area contributed by atoms with Crippen LogP contribution in [0.3, 0.4) is 0 Å². The molecular formula is C22H24N4O3. The smallest absolute Gasteiger partial charge is 0.255 e. The highest BCUT2D eigenvalue weighted by atomic mass is 16.5. The van der Waals surface area contributed by atoms with Crippen molar-refractivity contribution in [2.45, 2.75) is 13.3 Å². The molecule has 150 valence electrons. The van der Waals surface area contributed by atoms with Crippen LogP contribution >= 0.6 is 0 Å². The van der Waals surface area contributed by atoms with Gasteiger partial charge in [0.05, 0.1) is 30.1 Å². The summed E-state index contributed by atoms with van der Waals surface area (Å²) in [4.78, 5) is 24.3. The van der Waals surface area contributed by atoms with E-state index in [2.05, 4.69) is 15.7 Å². The van der Waals surface area contributed by atoms with Crippen molar-refractivity contribution in [1.82, 2.24) is 20.4 Å². The van der Waals surface area contributed by atoms with E-state index in [1.807, 2.05) is 49.5 Å². The summed E-state index contributed by atoms with van der Waals surface area (Å²) < 4.78 is 7.24. The lowest BCUT2D eigenvalue weighted by molar-refractivity contribution is -0.120. The van der Waals surface area contributed by atoms with Gasteiger partial charge in [-0.3, -0.25) is 9.59 Å². The summed E-state index contributed by atoms with van der Waals surface area (Å²) >= 11 is 0. The third-order valence-electron chi connectivity index (χ3n) is 4.21. The Bertz CT molecular complexity index is 953. The molecule has 3 aromatic rings. The van der Waals surface area contributed by atoms with Crippen molar-refractivity contribution in [2.75, 3.05) is 19.7 Å². The van der Waals surface area contributed by atoms with E-state index in [0.29, 0.717) is 30.9 Å². The number of para-hydroxylation sites is 2. The fourth-order valence-corrected chi connectivity index (χ4v) is 2.80. The molecule has 0 saturated heterocycles. The Morgan fingerprint density at radius 1 is 1.00 bits per heavy atom. The minimum atomic E-state index is -0.342. The molecule has 7 heteroatoms. The number of benzene rings is 2. The van der Waals surface area contributed by atoms with Gasteiger partial charge in [0.25, 0.3) is 5.91 Å². The third kappa shape index (κ3) is 5.68. The van der Waals surface area contributed by atoms with Crippen LogP contribution in [0.15, 0.2) is 66.9 Å². The van der Waals surface area contributed by atoms with Gasteiger partial charge < -0.3 is 15.4 Å². The molecule has 0 aliphatic heterocycles. The molecule has 0 aliphatic carbocycles. The Kier molecular flexibility index (Phi) is 7.00. The fourth-order valence-electron chi connectivity index (χ4n) is 2.80. The van der Waals surface area contributed by atoms with Crippen molar-refractivity contribution in [3.8, 4) is 11.4 Å². The highest BCUT2D eigenvalue weighted by Gasteiger charge is 2.13. The maximum Gasteiger partial charge on any atom is 0.255 e. The molecule has 2 amide bonds. The van der Waals surface area contributed by atoms with Gasteiger partial charge in [-0.15, -0.1) is 0 Å². The van der Waals surface area contributed by atoms with Crippen LogP contribution < -0.4 is 15.4 Å². The molecule has 7 nitrogen and oxygen atoms in total. The molecule has 0 saturated carbocycles. The molecule has 2 aromatic carbocycles. The van der Waals surface area contributed by atoms with E-state index in [0.717, 1.165) is 11.4 Å². The van der Waals surface area contributed by atoms with Gasteiger partial charge in [-0.1, -0.05) is 30.3 Å². The Morgan fingerprint density at radius 3 is 2.55 bits per heavy atom. The van der Waals surface area contributed by atoms with Crippen molar-refractivity contribution < 1.29 is 14.3 Å². The summed E-state index contributed by atoms with van der Waals surface area (Å²) in [5.41, 5.74) is 2.27. The lowest BCUT2D eigenvalue weighted by Gasteiger charge is -2.10. The summed E-state index contributed by atoms with van der Waals surface area (Å²) in [6.45, 7) is 2.66. The maximum absolute atomic E-state index is 12.3. The van der Waals surface area contributed by atoms with Crippen LogP contribution in [0, 0.1) is 0 Å². The van der Waals surface area contributed by atoms with Crippen LogP contribution in [0.5, 0.6) is 5.75 Å². The molecule has 3 rings (SSSR count). The van der Waals surface area contributed by atoms with E-state index >= 15 is 0 Å². The molecule has 0 atom stereocenters. The molecule has 0 spiro atoms. The summed E-state index contributed by atoms with van der Waals surface area (Å²) in [6, 6.07) is 18.7. The van der Waals surface area contributed by atoms with Crippen LogP contribution in [-0.4, -0.2) is 41.3 Å². The van der Waals surface area contributed by atoms with Gasteiger partial charge in [-0.2, -0.15) is 5.10 Å². The van der Waals surface area contributed by atoms with Crippen LogP contribution in [0.25, 0.3) is 5.69 Å². The highest BCUT2D eigenvalue weighted by Crippen LogP contribution is 2.17. The fraction of sp³-hybridized carbons (Fsp3) is 0.227. The van der Waals surface area contributed by atoms with E-state index in [-0.39, 0.29) is 18.4 Å². The van der Waals surface area contributed by atoms with Gasteiger partial charge in [0.1, 0.15) is 5.75 Å². The quantitative estimate of drug-likeness (QED) is 0.585. The largest absolute Gasteiger partial charge is 0.493 e. The molecule has 29 heavy (non-hydrogen) atoms. The maximum atomic E-state index is 12.3. The number of nitrogens with zero attached hydrogens (tertiary/aromatic N) is 2. The molecule has 0 bridgehead atoms. The van der Waals surface area contributed by atoms with Crippen molar-refractivity contribution >= 4 is 11.8 Å². The Morgan fingerprint density at radius 2 is 1.76 bits per heavy atom. The van der Waals surface area contributed by atoms with Crippen molar-refractivity contribution in [3.05, 3.63) is 78.1 Å². The average Bonchev–Trinajstić information content (AvgIpc) is 3.22. The standard InChI is InChI=1S/C22H24N4O3/c1-2-29-20-11-7-6-10-19(20)22(28)24-16-21(27)23-14-12-17-13-15-26(25-17)18-8-4-3-5-9-18/h3-11,13,15H,2,12,14,16H2,1H3,(H,23,27)(H,24,28). The molecular weight excluding hydrogens is 368 g/mol. The molecule has 0 fully saturated rings. The van der Waals surface area contributed by atoms with Crippen molar-refractivity contribution in [3.63, 3.8) is 0 Å². The zero-order chi connectivity index (χ0) is 20.5. The first kappa shape index (κ1) is 20.1. The SMILES string of the molecule is CCOc1ccccc1C(=O)NCC(=O)NCCc1ccn(-c2ccccc2)n1. The predicted octanol–water partition coefficient (Wildman–Crippen LogP) is 2.36. The zero-order valence-electron chi connectivity index (χ0n) is 16.3. The molecule has 0 unspecified atom stereocenters. The van der Waals surface area contributed by atoms with E-state index in [1.165, 1.54) is 0 Å². The molecule has 2 N–H and O–H groups in total. The van der Waals surface area contributed by atoms with Crippen molar-refractivity contribution in [1.29, 1.82) is 0 Å². The number of aromatic nitrogens is 2. The first-order valence-electron chi connectivity index (χ1n) is 9.54.